The van der Waals surface area contributed by atoms with Crippen molar-refractivity contribution in [3.8, 4) is 6.07 Å². The molecule has 0 aromatic heterocycles. The maximum atomic E-state index is 12.4. The molecule has 1 fully saturated rings. The maximum absolute atomic E-state index is 12.4. The van der Waals surface area contributed by atoms with E-state index in [1.54, 1.807) is 20.8 Å². The van der Waals surface area contributed by atoms with E-state index in [-0.39, 0.29) is 17.2 Å². The molecule has 1 aliphatic rings. The van der Waals surface area contributed by atoms with E-state index in [9.17, 15) is 25.0 Å². The molecule has 1 aromatic rings. The van der Waals surface area contributed by atoms with Crippen LogP contribution in [0.15, 0.2) is 18.2 Å². The molecule has 1 aromatic carbocycles. The third-order valence-corrected chi connectivity index (χ3v) is 5.28. The van der Waals surface area contributed by atoms with Gasteiger partial charge in [-0.2, -0.15) is 5.26 Å². The molecule has 1 N–H and O–H groups in total. The number of rotatable bonds is 7. The number of esters is 1. The van der Waals surface area contributed by atoms with E-state index in [1.165, 1.54) is 25.1 Å². The number of nitrogens with zero attached hydrogens (tertiary/aromatic N) is 3. The van der Waals surface area contributed by atoms with Crippen LogP contribution in [-0.4, -0.2) is 41.5 Å². The Morgan fingerprint density at radius 1 is 1.31 bits per heavy atom. The average molecular weight is 402 g/mol. The highest BCUT2D eigenvalue weighted by Gasteiger charge is 2.33. The number of anilines is 1. The average Bonchev–Trinajstić information content (AvgIpc) is 3.21. The fraction of sp³-hybridized carbons (Fsp3) is 0.550. The number of ether oxygens (including phenoxy) is 1. The van der Waals surface area contributed by atoms with Gasteiger partial charge in [0.05, 0.1) is 16.6 Å². The van der Waals surface area contributed by atoms with Crippen molar-refractivity contribution in [2.45, 2.75) is 52.2 Å². The molecule has 1 aliphatic heterocycles. The Kier molecular flexibility index (Phi) is 6.80. The van der Waals surface area contributed by atoms with Crippen LogP contribution in [0.25, 0.3) is 0 Å². The first-order chi connectivity index (χ1) is 13.6. The van der Waals surface area contributed by atoms with Gasteiger partial charge in [0.25, 0.3) is 11.6 Å². The molecule has 9 nitrogen and oxygen atoms in total. The summed E-state index contributed by atoms with van der Waals surface area (Å²) < 4.78 is 5.17. The predicted molar refractivity (Wildman–Crippen MR) is 106 cm³/mol. The summed E-state index contributed by atoms with van der Waals surface area (Å²) in [6.07, 6.45) is 0.767. The number of amides is 1. The number of carbonyl (C=O) groups excluding carboxylic acids is 2. The Morgan fingerprint density at radius 2 is 1.93 bits per heavy atom. The van der Waals surface area contributed by atoms with E-state index >= 15 is 0 Å². The summed E-state index contributed by atoms with van der Waals surface area (Å²) in [4.78, 5) is 37.6. The van der Waals surface area contributed by atoms with Gasteiger partial charge in [-0.25, -0.2) is 4.79 Å². The van der Waals surface area contributed by atoms with Gasteiger partial charge in [-0.15, -0.1) is 0 Å². The molecule has 2 atom stereocenters. The van der Waals surface area contributed by atoms with Crippen molar-refractivity contribution >= 4 is 23.3 Å². The van der Waals surface area contributed by atoms with Gasteiger partial charge in [0, 0.05) is 19.2 Å². The topological polar surface area (TPSA) is 126 Å². The quantitative estimate of drug-likeness (QED) is 0.422. The first-order valence-corrected chi connectivity index (χ1v) is 9.56. The van der Waals surface area contributed by atoms with Crippen LogP contribution in [0.1, 0.15) is 50.9 Å². The van der Waals surface area contributed by atoms with Crippen LogP contribution >= 0.6 is 0 Å². The monoisotopic (exact) mass is 402 g/mol. The van der Waals surface area contributed by atoms with E-state index < -0.39 is 28.4 Å². The minimum atomic E-state index is -1.16. The second-order valence-electron chi connectivity index (χ2n) is 7.66. The first kappa shape index (κ1) is 22.1. The highest BCUT2D eigenvalue weighted by molar-refractivity contribution is 5.94. The summed E-state index contributed by atoms with van der Waals surface area (Å²) in [5.41, 5.74) is -0.813. The minimum absolute atomic E-state index is 0.00815. The standard InChI is InChI=1S/C20H26N4O5/c1-13(2)20(4,12-21)22-18(25)14(3)29-19(26)15-7-8-16(17(11-15)24(27)28)23-9-5-6-10-23/h7-8,11,13-14H,5-6,9-10H2,1-4H3,(H,22,25)/t14-,20-/m1/s1. The van der Waals surface area contributed by atoms with Gasteiger partial charge in [0.15, 0.2) is 6.10 Å². The lowest BCUT2D eigenvalue weighted by Gasteiger charge is -2.28. The molecule has 156 valence electrons. The SMILES string of the molecule is CC(C)[C@@](C)(C#N)NC(=O)[C@@H](C)OC(=O)c1ccc(N2CCCC2)c([N+](=O)[O-])c1. The number of carbonyl (C=O) groups is 2. The Bertz CT molecular complexity index is 842. The van der Waals surface area contributed by atoms with Crippen LogP contribution < -0.4 is 10.2 Å². The largest absolute Gasteiger partial charge is 0.449 e. The highest BCUT2D eigenvalue weighted by Crippen LogP contribution is 2.32. The van der Waals surface area contributed by atoms with E-state index in [0.29, 0.717) is 5.69 Å². The van der Waals surface area contributed by atoms with Crippen molar-refractivity contribution in [1.82, 2.24) is 5.32 Å². The summed E-state index contributed by atoms with van der Waals surface area (Å²) in [5.74, 6) is -1.61. The summed E-state index contributed by atoms with van der Waals surface area (Å²) in [6.45, 7) is 8.02. The van der Waals surface area contributed by atoms with Crippen molar-refractivity contribution in [2.75, 3.05) is 18.0 Å². The zero-order chi connectivity index (χ0) is 21.8. The Hall–Kier alpha value is -3.15. The Morgan fingerprint density at radius 3 is 2.45 bits per heavy atom. The fourth-order valence-electron chi connectivity index (χ4n) is 2.96. The lowest BCUT2D eigenvalue weighted by atomic mass is 9.90. The van der Waals surface area contributed by atoms with Crippen LogP contribution in [0.5, 0.6) is 0 Å². The first-order valence-electron chi connectivity index (χ1n) is 9.56. The molecule has 2 rings (SSSR count). The molecule has 0 saturated carbocycles. The van der Waals surface area contributed by atoms with Crippen molar-refractivity contribution in [3.05, 3.63) is 33.9 Å². The molecule has 9 heteroatoms. The Labute approximate surface area is 169 Å². The second-order valence-corrected chi connectivity index (χ2v) is 7.66. The smallest absolute Gasteiger partial charge is 0.339 e. The molecule has 0 radical (unpaired) electrons. The lowest BCUT2D eigenvalue weighted by molar-refractivity contribution is -0.384. The van der Waals surface area contributed by atoms with Gasteiger partial charge in [0.1, 0.15) is 11.2 Å². The predicted octanol–water partition coefficient (Wildman–Crippen LogP) is 2.79. The number of nitro groups is 1. The molecule has 1 saturated heterocycles. The minimum Gasteiger partial charge on any atom is -0.449 e. The van der Waals surface area contributed by atoms with Crippen molar-refractivity contribution < 1.29 is 19.2 Å². The Balaban J connectivity index is 2.14. The number of benzene rings is 1. The van der Waals surface area contributed by atoms with E-state index in [4.69, 9.17) is 4.74 Å². The lowest BCUT2D eigenvalue weighted by Crippen LogP contribution is -2.52. The second kappa shape index (κ2) is 8.90. The molecule has 1 amide bonds. The summed E-state index contributed by atoms with van der Waals surface area (Å²) in [6, 6.07) is 6.22. The van der Waals surface area contributed by atoms with Gasteiger partial charge < -0.3 is 15.0 Å². The zero-order valence-electron chi connectivity index (χ0n) is 17.1. The number of hydrogen-bond acceptors (Lipinski definition) is 7. The summed E-state index contributed by atoms with van der Waals surface area (Å²) in [7, 11) is 0. The van der Waals surface area contributed by atoms with E-state index in [1.807, 2.05) is 11.0 Å². The van der Waals surface area contributed by atoms with Crippen molar-refractivity contribution in [1.29, 1.82) is 5.26 Å². The van der Waals surface area contributed by atoms with Crippen LogP contribution in [0.3, 0.4) is 0 Å². The van der Waals surface area contributed by atoms with E-state index in [2.05, 4.69) is 5.32 Å². The molecule has 29 heavy (non-hydrogen) atoms. The molecule has 0 spiro atoms. The van der Waals surface area contributed by atoms with Crippen LogP contribution in [-0.2, 0) is 9.53 Å². The molecular formula is C20H26N4O5. The number of nitro benzene ring substituents is 1. The third-order valence-electron chi connectivity index (χ3n) is 5.28. The van der Waals surface area contributed by atoms with Gasteiger partial charge in [-0.1, -0.05) is 13.8 Å². The fourth-order valence-corrected chi connectivity index (χ4v) is 2.96. The number of hydrogen-bond donors (Lipinski definition) is 1. The molecular weight excluding hydrogens is 376 g/mol. The number of nitrogens with one attached hydrogen (secondary N) is 1. The highest BCUT2D eigenvalue weighted by atomic mass is 16.6. The molecule has 0 unspecified atom stereocenters. The molecule has 0 aliphatic carbocycles. The van der Waals surface area contributed by atoms with Crippen LogP contribution in [0.4, 0.5) is 11.4 Å². The molecule has 1 heterocycles. The van der Waals surface area contributed by atoms with E-state index in [0.717, 1.165) is 25.9 Å². The normalized spacial score (nSPS) is 16.6. The molecule has 0 bridgehead atoms. The number of nitriles is 1. The van der Waals surface area contributed by atoms with Gasteiger partial charge in [-0.3, -0.25) is 14.9 Å². The summed E-state index contributed by atoms with van der Waals surface area (Å²) >= 11 is 0. The van der Waals surface area contributed by atoms with Crippen molar-refractivity contribution in [2.24, 2.45) is 5.92 Å². The van der Waals surface area contributed by atoms with Gasteiger partial charge in [-0.05, 0) is 44.7 Å². The van der Waals surface area contributed by atoms with Gasteiger partial charge >= 0.3 is 5.97 Å². The maximum Gasteiger partial charge on any atom is 0.339 e. The van der Waals surface area contributed by atoms with Crippen LogP contribution in [0.2, 0.25) is 0 Å². The summed E-state index contributed by atoms with van der Waals surface area (Å²) in [5, 5.41) is 23.4. The van der Waals surface area contributed by atoms with Crippen molar-refractivity contribution in [3.63, 3.8) is 0 Å². The third kappa shape index (κ3) is 5.02. The van der Waals surface area contributed by atoms with Crippen LogP contribution in [0, 0.1) is 27.4 Å². The zero-order valence-corrected chi connectivity index (χ0v) is 17.1. The van der Waals surface area contributed by atoms with Gasteiger partial charge in [0.2, 0.25) is 0 Å².